The van der Waals surface area contributed by atoms with Gasteiger partial charge in [-0.05, 0) is 48.7 Å². The van der Waals surface area contributed by atoms with Gasteiger partial charge in [-0.15, -0.1) is 0 Å². The van der Waals surface area contributed by atoms with Crippen LogP contribution in [-0.4, -0.2) is 60.5 Å². The second kappa shape index (κ2) is 11.3. The fourth-order valence-electron chi connectivity index (χ4n) is 6.56. The van der Waals surface area contributed by atoms with Gasteiger partial charge in [0.25, 0.3) is 0 Å². The highest BCUT2D eigenvalue weighted by Gasteiger charge is 2.37. The number of benzene rings is 3. The summed E-state index contributed by atoms with van der Waals surface area (Å²) in [6.07, 6.45) is -3.84. The number of hydrogen-bond donors (Lipinski definition) is 0. The molecule has 228 valence electrons. The molecule has 0 radical (unpaired) electrons. The zero-order valence-corrected chi connectivity index (χ0v) is 24.3. The zero-order chi connectivity index (χ0) is 30.5. The Morgan fingerprint density at radius 3 is 2.44 bits per heavy atom. The number of fused-ring (bicyclic) bond motifs is 1. The maximum absolute atomic E-state index is 15.5. The molecule has 4 aromatic rings. The van der Waals surface area contributed by atoms with Crippen LogP contribution in [0.15, 0.2) is 65.5 Å². The van der Waals surface area contributed by atoms with Crippen molar-refractivity contribution < 1.29 is 27.0 Å². The molecule has 11 heteroatoms. The van der Waals surface area contributed by atoms with E-state index in [9.17, 15) is 18.0 Å². The highest BCUT2D eigenvalue weighted by molar-refractivity contribution is 5.83. The number of para-hydroxylation sites is 2. The molecule has 1 unspecified atom stereocenters. The molecule has 0 bridgehead atoms. The monoisotopic (exact) mass is 598 g/mol. The first-order valence-corrected chi connectivity index (χ1v) is 14.3. The van der Waals surface area contributed by atoms with Crippen LogP contribution in [0.3, 0.4) is 0 Å². The van der Waals surface area contributed by atoms with Crippen molar-refractivity contribution in [2.75, 3.05) is 45.3 Å². The number of hydrogen-bond acceptors (Lipinski definition) is 5. The summed E-state index contributed by atoms with van der Waals surface area (Å²) in [5.74, 6) is 0.0656. The normalized spacial score (nSPS) is 18.8. The summed E-state index contributed by atoms with van der Waals surface area (Å²) in [6.45, 7) is 4.21. The van der Waals surface area contributed by atoms with E-state index in [1.54, 1.807) is 35.9 Å². The van der Waals surface area contributed by atoms with Crippen LogP contribution in [0.2, 0.25) is 0 Å². The number of aromatic nitrogens is 2. The van der Waals surface area contributed by atoms with Gasteiger partial charge in [0.15, 0.2) is 0 Å². The fraction of sp³-hybridized carbons (Fsp3) is 0.406. The van der Waals surface area contributed by atoms with Crippen molar-refractivity contribution in [2.24, 2.45) is 0 Å². The van der Waals surface area contributed by atoms with Crippen LogP contribution < -0.4 is 15.3 Å². The molecule has 0 aliphatic carbocycles. The average Bonchev–Trinajstić information content (AvgIpc) is 3.54. The Balaban J connectivity index is 1.37. The fourth-order valence-corrected chi connectivity index (χ4v) is 6.56. The topological polar surface area (TPSA) is 51.9 Å². The molecule has 2 aliphatic rings. The second-order valence-corrected chi connectivity index (χ2v) is 11.3. The Hall–Kier alpha value is -3.83. The van der Waals surface area contributed by atoms with Crippen LogP contribution in [0.25, 0.3) is 11.0 Å². The summed E-state index contributed by atoms with van der Waals surface area (Å²) < 4.78 is 71.0. The molecule has 0 N–H and O–H groups in total. The molecule has 2 saturated heterocycles. The Kier molecular flexibility index (Phi) is 7.72. The lowest BCUT2D eigenvalue weighted by Crippen LogP contribution is -2.52. The minimum Gasteiger partial charge on any atom is -0.494 e. The van der Waals surface area contributed by atoms with Gasteiger partial charge < -0.3 is 14.4 Å². The molecule has 1 aromatic heterocycles. The minimum absolute atomic E-state index is 0.0122. The number of rotatable bonds is 8. The van der Waals surface area contributed by atoms with Crippen molar-refractivity contribution in [2.45, 2.75) is 44.3 Å². The van der Waals surface area contributed by atoms with Crippen LogP contribution in [0, 0.1) is 5.82 Å². The number of likely N-dealkylation sites (tertiary alicyclic amines) is 1. The molecular formula is C32H34F4N4O3. The molecule has 0 amide bonds. The third-order valence-electron chi connectivity index (χ3n) is 8.89. The van der Waals surface area contributed by atoms with E-state index in [1.165, 1.54) is 35.9 Å². The maximum atomic E-state index is 15.5. The predicted molar refractivity (Wildman–Crippen MR) is 156 cm³/mol. The van der Waals surface area contributed by atoms with Gasteiger partial charge in [-0.2, -0.15) is 13.2 Å². The van der Waals surface area contributed by atoms with Crippen molar-refractivity contribution in [3.8, 4) is 5.75 Å². The van der Waals surface area contributed by atoms with Crippen LogP contribution >= 0.6 is 0 Å². The number of alkyl halides is 3. The summed E-state index contributed by atoms with van der Waals surface area (Å²) in [5, 5.41) is 0. The first-order chi connectivity index (χ1) is 20.6. The van der Waals surface area contributed by atoms with Crippen molar-refractivity contribution in [3.63, 3.8) is 0 Å². The van der Waals surface area contributed by atoms with Gasteiger partial charge >= 0.3 is 11.9 Å². The molecular weight excluding hydrogens is 564 g/mol. The predicted octanol–water partition coefficient (Wildman–Crippen LogP) is 5.86. The number of ether oxygens (including phenoxy) is 2. The van der Waals surface area contributed by atoms with Gasteiger partial charge in [0.1, 0.15) is 17.1 Å². The number of imidazole rings is 1. The van der Waals surface area contributed by atoms with Gasteiger partial charge in [0, 0.05) is 39.3 Å². The first-order valence-electron chi connectivity index (χ1n) is 14.3. The SMILES string of the molecule is COc1cccc2c1n(Cc1ccccc1C(F)(F)F)c(=O)n2[C@@H]1CCN(c2c(F)cccc2C(C)N2CC(OC)C2)C1. The largest absolute Gasteiger partial charge is 0.494 e. The van der Waals surface area contributed by atoms with Crippen LogP contribution in [0.1, 0.15) is 42.1 Å². The Labute approximate surface area is 246 Å². The van der Waals surface area contributed by atoms with Gasteiger partial charge in [0.2, 0.25) is 0 Å². The molecule has 0 spiro atoms. The molecule has 0 saturated carbocycles. The zero-order valence-electron chi connectivity index (χ0n) is 24.3. The quantitative estimate of drug-likeness (QED) is 0.238. The summed E-state index contributed by atoms with van der Waals surface area (Å²) in [7, 11) is 3.16. The summed E-state index contributed by atoms with van der Waals surface area (Å²) in [6, 6.07) is 15.3. The highest BCUT2D eigenvalue weighted by Crippen LogP contribution is 2.39. The lowest BCUT2D eigenvalue weighted by atomic mass is 9.99. The van der Waals surface area contributed by atoms with E-state index in [1.807, 2.05) is 11.0 Å². The molecule has 6 rings (SSSR count). The van der Waals surface area contributed by atoms with Crippen molar-refractivity contribution >= 4 is 16.7 Å². The lowest BCUT2D eigenvalue weighted by molar-refractivity contribution is -0.138. The van der Waals surface area contributed by atoms with Crippen molar-refractivity contribution in [1.82, 2.24) is 14.0 Å². The van der Waals surface area contributed by atoms with E-state index >= 15 is 4.39 Å². The van der Waals surface area contributed by atoms with Crippen molar-refractivity contribution in [3.05, 3.63) is 93.7 Å². The number of halogens is 4. The summed E-state index contributed by atoms with van der Waals surface area (Å²) >= 11 is 0. The second-order valence-electron chi connectivity index (χ2n) is 11.3. The molecule has 2 aliphatic heterocycles. The highest BCUT2D eigenvalue weighted by atomic mass is 19.4. The Bertz CT molecular complexity index is 1690. The number of nitrogens with zero attached hydrogens (tertiary/aromatic N) is 4. The Morgan fingerprint density at radius 2 is 1.72 bits per heavy atom. The number of methoxy groups -OCH3 is 2. The van der Waals surface area contributed by atoms with Crippen LogP contribution in [-0.2, 0) is 17.5 Å². The van der Waals surface area contributed by atoms with Crippen molar-refractivity contribution in [1.29, 1.82) is 0 Å². The van der Waals surface area contributed by atoms with Gasteiger partial charge in [-0.3, -0.25) is 14.0 Å². The van der Waals surface area contributed by atoms with E-state index in [-0.39, 0.29) is 36.1 Å². The van der Waals surface area contributed by atoms with Gasteiger partial charge in [-0.25, -0.2) is 9.18 Å². The van der Waals surface area contributed by atoms with Gasteiger partial charge in [-0.1, -0.05) is 36.4 Å². The Morgan fingerprint density at radius 1 is 0.977 bits per heavy atom. The molecule has 7 nitrogen and oxygen atoms in total. The average molecular weight is 599 g/mol. The standard InChI is InChI=1S/C32H34F4N4O3/c1-20(38-18-23(19-38)42-2)24-9-6-11-26(33)29(24)37-15-14-22(17-37)40-27-12-7-13-28(43-3)30(27)39(31(40)41)16-21-8-4-5-10-25(21)32(34,35)36/h4-13,20,22-23H,14-19H2,1-3H3/t20?,22-/m1/s1. The first kappa shape index (κ1) is 29.3. The molecule has 3 heterocycles. The van der Waals surface area contributed by atoms with E-state index < -0.39 is 17.4 Å². The number of anilines is 1. The molecule has 2 fully saturated rings. The van der Waals surface area contributed by atoms with E-state index in [2.05, 4.69) is 11.8 Å². The third kappa shape index (κ3) is 5.18. The molecule has 2 atom stereocenters. The van der Waals surface area contributed by atoms with E-state index in [0.29, 0.717) is 42.0 Å². The van der Waals surface area contributed by atoms with Crippen LogP contribution in [0.5, 0.6) is 5.75 Å². The molecule has 43 heavy (non-hydrogen) atoms. The smallest absolute Gasteiger partial charge is 0.416 e. The van der Waals surface area contributed by atoms with E-state index in [0.717, 1.165) is 24.7 Å². The van der Waals surface area contributed by atoms with Crippen LogP contribution in [0.4, 0.5) is 23.2 Å². The summed E-state index contributed by atoms with van der Waals surface area (Å²) in [5.41, 5.74) is 1.15. The van der Waals surface area contributed by atoms with Gasteiger partial charge in [0.05, 0.1) is 42.6 Å². The maximum Gasteiger partial charge on any atom is 0.416 e. The lowest BCUT2D eigenvalue weighted by Gasteiger charge is -2.43. The van der Waals surface area contributed by atoms with E-state index in [4.69, 9.17) is 9.47 Å². The minimum atomic E-state index is -4.57. The third-order valence-corrected chi connectivity index (χ3v) is 8.89. The summed E-state index contributed by atoms with van der Waals surface area (Å²) in [4.78, 5) is 18.3. The molecule has 3 aromatic carbocycles.